The van der Waals surface area contributed by atoms with Crippen LogP contribution < -0.4 is 26.3 Å². The number of nitrogens with zero attached hydrogens (tertiary/aromatic N) is 2. The molecule has 0 bridgehead atoms. The van der Waals surface area contributed by atoms with Gasteiger partial charge in [-0.3, -0.25) is 0 Å². The number of ether oxygens (including phenoxy) is 1. The van der Waals surface area contributed by atoms with Crippen molar-refractivity contribution in [2.24, 2.45) is 0 Å². The monoisotopic (exact) mass is 352 g/mol. The summed E-state index contributed by atoms with van der Waals surface area (Å²) >= 11 is 0. The first-order chi connectivity index (χ1) is 9.83. The van der Waals surface area contributed by atoms with E-state index in [0.717, 1.165) is 12.3 Å². The largest absolute Gasteiger partial charge is 1.00 e. The maximum absolute atomic E-state index is 5.46. The molecule has 2 aromatic rings. The summed E-state index contributed by atoms with van der Waals surface area (Å²) in [5.74, 6) is 0.927. The summed E-state index contributed by atoms with van der Waals surface area (Å²) in [5.41, 5.74) is 1.17. The van der Waals surface area contributed by atoms with Gasteiger partial charge in [0.15, 0.2) is 0 Å². The lowest BCUT2D eigenvalue weighted by molar-refractivity contribution is -0.696. The van der Waals surface area contributed by atoms with Gasteiger partial charge in [0.05, 0.1) is 13.2 Å². The molecule has 1 aromatic heterocycles. The molecule has 116 valence electrons. The van der Waals surface area contributed by atoms with Crippen LogP contribution in [0.5, 0.6) is 5.75 Å². The number of aryl methyl sites for hydroxylation is 1. The number of hydrogen-bond acceptors (Lipinski definition) is 1. The van der Waals surface area contributed by atoms with Crippen LogP contribution in [0.25, 0.3) is 5.69 Å². The summed E-state index contributed by atoms with van der Waals surface area (Å²) < 4.78 is 9.87. The third kappa shape index (κ3) is 5.54. The lowest BCUT2D eigenvalue weighted by Gasteiger charge is -2.02. The highest BCUT2D eigenvalue weighted by molar-refractivity contribution is 5.36. The first-order valence-electron chi connectivity index (χ1n) is 7.63. The Morgan fingerprint density at radius 1 is 1.05 bits per heavy atom. The Labute approximate surface area is 138 Å². The number of unbranched alkanes of at least 4 members (excludes halogenated alkanes) is 3. The second kappa shape index (κ2) is 9.61. The van der Waals surface area contributed by atoms with Crippen molar-refractivity contribution in [1.82, 2.24) is 4.57 Å². The average Bonchev–Trinajstić information content (AvgIpc) is 2.94. The Bertz CT molecular complexity index is 508. The number of rotatable bonds is 8. The van der Waals surface area contributed by atoms with E-state index in [1.165, 1.54) is 31.4 Å². The molecule has 0 unspecified atom stereocenters. The van der Waals surface area contributed by atoms with E-state index >= 15 is 0 Å². The van der Waals surface area contributed by atoms with Gasteiger partial charge in [0.2, 0.25) is 6.33 Å². The molecule has 0 atom stereocenters. The second-order valence-corrected chi connectivity index (χ2v) is 5.05. The quantitative estimate of drug-likeness (QED) is 0.506. The third-order valence-corrected chi connectivity index (χ3v) is 3.41. The van der Waals surface area contributed by atoms with Gasteiger partial charge in [0.25, 0.3) is 0 Å². The molecule has 0 radical (unpaired) electrons. The number of benzene rings is 1. The molecule has 1 heterocycles. The fourth-order valence-corrected chi connectivity index (χ4v) is 2.28. The van der Waals surface area contributed by atoms with Crippen molar-refractivity contribution in [3.63, 3.8) is 0 Å². The highest BCUT2D eigenvalue weighted by Crippen LogP contribution is 2.14. The zero-order chi connectivity index (χ0) is 14.2. The number of imidazole rings is 1. The van der Waals surface area contributed by atoms with Crippen LogP contribution in [0.3, 0.4) is 0 Å². The van der Waals surface area contributed by atoms with Gasteiger partial charge >= 0.3 is 0 Å². The predicted molar refractivity (Wildman–Crippen MR) is 81.3 cm³/mol. The van der Waals surface area contributed by atoms with Gasteiger partial charge < -0.3 is 21.7 Å². The molecule has 0 aliphatic heterocycles. The van der Waals surface area contributed by atoms with Crippen LogP contribution in [0.4, 0.5) is 0 Å². The van der Waals surface area contributed by atoms with E-state index in [2.05, 4.69) is 46.9 Å². The van der Waals surface area contributed by atoms with Gasteiger partial charge in [0, 0.05) is 0 Å². The van der Waals surface area contributed by atoms with E-state index in [1.807, 2.05) is 19.1 Å². The Balaban J connectivity index is 0.00000220. The minimum atomic E-state index is 0. The summed E-state index contributed by atoms with van der Waals surface area (Å²) in [6, 6.07) is 8.22. The van der Waals surface area contributed by atoms with E-state index in [4.69, 9.17) is 4.74 Å². The molecule has 0 aliphatic rings. The van der Waals surface area contributed by atoms with E-state index in [-0.39, 0.29) is 17.0 Å². The zero-order valence-corrected chi connectivity index (χ0v) is 14.6. The van der Waals surface area contributed by atoms with Crippen LogP contribution in [0.2, 0.25) is 0 Å². The third-order valence-electron chi connectivity index (χ3n) is 3.41. The number of aromatic nitrogens is 2. The highest BCUT2D eigenvalue weighted by atomic mass is 79.9. The molecule has 0 aliphatic carbocycles. The molecule has 3 nitrogen and oxygen atoms in total. The van der Waals surface area contributed by atoms with E-state index in [1.54, 1.807) is 0 Å². The van der Waals surface area contributed by atoms with Crippen molar-refractivity contribution in [2.75, 3.05) is 6.61 Å². The molecule has 21 heavy (non-hydrogen) atoms. The summed E-state index contributed by atoms with van der Waals surface area (Å²) in [7, 11) is 0. The molecule has 4 heteroatoms. The Kier molecular flexibility index (Phi) is 8.13. The van der Waals surface area contributed by atoms with Crippen LogP contribution in [0.1, 0.15) is 39.5 Å². The van der Waals surface area contributed by atoms with E-state index in [0.29, 0.717) is 6.61 Å². The van der Waals surface area contributed by atoms with E-state index in [9.17, 15) is 0 Å². The van der Waals surface area contributed by atoms with Gasteiger partial charge in [-0.2, -0.15) is 0 Å². The molecule has 0 saturated heterocycles. The Hall–Kier alpha value is -1.29. The summed E-state index contributed by atoms with van der Waals surface area (Å²) in [5, 5.41) is 0. The highest BCUT2D eigenvalue weighted by Gasteiger charge is 2.06. The summed E-state index contributed by atoms with van der Waals surface area (Å²) in [6.45, 7) is 6.06. The molecule has 0 N–H and O–H groups in total. The summed E-state index contributed by atoms with van der Waals surface area (Å²) in [4.78, 5) is 0. The average molecular weight is 353 g/mol. The van der Waals surface area contributed by atoms with Gasteiger partial charge in [-0.15, -0.1) is 0 Å². The molecule has 0 spiro atoms. The fourth-order valence-electron chi connectivity index (χ4n) is 2.28. The molecule has 0 saturated carbocycles. The maximum atomic E-state index is 5.46. The van der Waals surface area contributed by atoms with Crippen LogP contribution in [-0.2, 0) is 6.54 Å². The number of hydrogen-bond donors (Lipinski definition) is 0. The lowest BCUT2D eigenvalue weighted by atomic mass is 10.2. The van der Waals surface area contributed by atoms with Gasteiger partial charge in [-0.25, -0.2) is 9.13 Å². The smallest absolute Gasteiger partial charge is 0.248 e. The van der Waals surface area contributed by atoms with Gasteiger partial charge in [-0.05, 0) is 44.0 Å². The topological polar surface area (TPSA) is 18.0 Å². The zero-order valence-electron chi connectivity index (χ0n) is 13.0. The molecule has 1 aromatic carbocycles. The van der Waals surface area contributed by atoms with Crippen LogP contribution in [0, 0.1) is 0 Å². The minimum Gasteiger partial charge on any atom is -1.00 e. The first-order valence-corrected chi connectivity index (χ1v) is 7.63. The SMILES string of the molecule is CCCCCC[n+]1ccn(-c2ccc(OCC)cc2)c1.[Br-]. The van der Waals surface area contributed by atoms with Crippen molar-refractivity contribution < 1.29 is 26.3 Å². The molecule has 0 fully saturated rings. The van der Waals surface area contributed by atoms with Crippen molar-refractivity contribution in [2.45, 2.75) is 46.1 Å². The van der Waals surface area contributed by atoms with Crippen molar-refractivity contribution in [3.8, 4) is 11.4 Å². The van der Waals surface area contributed by atoms with Crippen molar-refractivity contribution in [1.29, 1.82) is 0 Å². The molecular formula is C17H25BrN2O. The van der Waals surface area contributed by atoms with Gasteiger partial charge in [0.1, 0.15) is 23.8 Å². The fraction of sp³-hybridized carbons (Fsp3) is 0.471. The molecular weight excluding hydrogens is 328 g/mol. The predicted octanol–water partition coefficient (Wildman–Crippen LogP) is 0.748. The lowest BCUT2D eigenvalue weighted by Crippen LogP contribution is -3.00. The normalized spacial score (nSPS) is 10.2. The van der Waals surface area contributed by atoms with Crippen molar-refractivity contribution in [3.05, 3.63) is 43.0 Å². The maximum Gasteiger partial charge on any atom is 0.248 e. The Morgan fingerprint density at radius 3 is 2.48 bits per heavy atom. The minimum absolute atomic E-state index is 0. The van der Waals surface area contributed by atoms with Gasteiger partial charge in [-0.1, -0.05) is 19.8 Å². The summed E-state index contributed by atoms with van der Waals surface area (Å²) in [6.07, 6.45) is 11.6. The molecule has 0 amide bonds. The first kappa shape index (κ1) is 17.8. The van der Waals surface area contributed by atoms with Crippen LogP contribution >= 0.6 is 0 Å². The van der Waals surface area contributed by atoms with E-state index < -0.39 is 0 Å². The number of halogens is 1. The second-order valence-electron chi connectivity index (χ2n) is 5.05. The standard InChI is InChI=1S/C17H25N2O.BrH/c1-3-5-6-7-12-18-13-14-19(15-18)16-8-10-17(11-9-16)20-4-2;/h8-11,13-15H,3-7,12H2,1-2H3;1H/q+1;/p-1. The van der Waals surface area contributed by atoms with Crippen molar-refractivity contribution >= 4 is 0 Å². The van der Waals surface area contributed by atoms with Crippen LogP contribution in [0.15, 0.2) is 43.0 Å². The Morgan fingerprint density at radius 2 is 1.81 bits per heavy atom. The molecule has 2 rings (SSSR count). The van der Waals surface area contributed by atoms with Crippen LogP contribution in [-0.4, -0.2) is 11.2 Å².